The SMILES string of the molecule is CCCCCCCCCCCCCCCCCCc1ccc(S(=O)(=O)[O-])cc1.[Na+]. The fourth-order valence-corrected chi connectivity index (χ4v) is 4.17. The molecule has 3 nitrogen and oxygen atoms in total. The Bertz CT molecular complexity index is 585. The van der Waals surface area contributed by atoms with E-state index in [0.717, 1.165) is 18.4 Å². The molecule has 29 heavy (non-hydrogen) atoms. The third-order valence-corrected chi connectivity index (χ3v) is 6.38. The van der Waals surface area contributed by atoms with Crippen molar-refractivity contribution in [2.24, 2.45) is 0 Å². The van der Waals surface area contributed by atoms with Crippen LogP contribution in [0.4, 0.5) is 0 Å². The first-order chi connectivity index (χ1) is 13.5. The van der Waals surface area contributed by atoms with E-state index in [1.807, 2.05) is 0 Å². The molecule has 5 heteroatoms. The van der Waals surface area contributed by atoms with Crippen molar-refractivity contribution in [2.45, 2.75) is 121 Å². The minimum atomic E-state index is -4.32. The quantitative estimate of drug-likeness (QED) is 0.196. The van der Waals surface area contributed by atoms with Gasteiger partial charge < -0.3 is 4.55 Å². The summed E-state index contributed by atoms with van der Waals surface area (Å²) in [6.45, 7) is 2.27. The fraction of sp³-hybridized carbons (Fsp3) is 0.750. The van der Waals surface area contributed by atoms with Gasteiger partial charge in [-0.3, -0.25) is 0 Å². The fourth-order valence-electron chi connectivity index (χ4n) is 3.70. The van der Waals surface area contributed by atoms with E-state index < -0.39 is 10.1 Å². The molecule has 0 aliphatic carbocycles. The van der Waals surface area contributed by atoms with Crippen molar-refractivity contribution in [1.82, 2.24) is 0 Å². The van der Waals surface area contributed by atoms with Crippen LogP contribution >= 0.6 is 0 Å². The third kappa shape index (κ3) is 16.5. The van der Waals surface area contributed by atoms with Crippen LogP contribution in [0.25, 0.3) is 0 Å². The van der Waals surface area contributed by atoms with E-state index in [1.165, 1.54) is 108 Å². The molecule has 1 rings (SSSR count). The molecule has 0 aliphatic heterocycles. The van der Waals surface area contributed by atoms with Crippen LogP contribution in [0.1, 0.15) is 115 Å². The number of hydrogen-bond acceptors (Lipinski definition) is 3. The van der Waals surface area contributed by atoms with E-state index in [9.17, 15) is 13.0 Å². The Kier molecular flexibility index (Phi) is 18.9. The molecule has 0 amide bonds. The van der Waals surface area contributed by atoms with Gasteiger partial charge in [-0.2, -0.15) is 0 Å². The van der Waals surface area contributed by atoms with E-state index in [0.29, 0.717) is 0 Å². The first-order valence-electron chi connectivity index (χ1n) is 11.6. The number of aryl methyl sites for hydroxylation is 1. The maximum absolute atomic E-state index is 10.9. The number of rotatable bonds is 18. The maximum Gasteiger partial charge on any atom is 1.00 e. The van der Waals surface area contributed by atoms with Gasteiger partial charge in [0, 0.05) is 0 Å². The molecule has 0 radical (unpaired) electrons. The Hall–Kier alpha value is 0.130. The molecule has 0 atom stereocenters. The summed E-state index contributed by atoms with van der Waals surface area (Å²) in [5, 5.41) is 0. The van der Waals surface area contributed by atoms with Gasteiger partial charge in [0.2, 0.25) is 0 Å². The molecule has 0 aromatic heterocycles. The summed E-state index contributed by atoms with van der Waals surface area (Å²) in [4.78, 5) is -0.136. The average Bonchev–Trinajstić information content (AvgIpc) is 2.67. The molecule has 0 saturated carbocycles. The second-order valence-corrected chi connectivity index (χ2v) is 9.53. The van der Waals surface area contributed by atoms with Gasteiger partial charge in [-0.1, -0.05) is 115 Å². The van der Waals surface area contributed by atoms with Crippen LogP contribution in [-0.4, -0.2) is 13.0 Å². The van der Waals surface area contributed by atoms with Crippen LogP contribution in [0.3, 0.4) is 0 Å². The van der Waals surface area contributed by atoms with E-state index >= 15 is 0 Å². The van der Waals surface area contributed by atoms with Crippen LogP contribution in [0, 0.1) is 0 Å². The normalized spacial score (nSPS) is 11.4. The molecule has 0 saturated heterocycles. The van der Waals surface area contributed by atoms with Gasteiger partial charge in [0.05, 0.1) is 4.90 Å². The summed E-state index contributed by atoms with van der Waals surface area (Å²) >= 11 is 0. The Labute approximate surface area is 202 Å². The molecule has 0 fully saturated rings. The van der Waals surface area contributed by atoms with Crippen molar-refractivity contribution in [3.8, 4) is 0 Å². The zero-order valence-electron chi connectivity index (χ0n) is 19.0. The average molecular weight is 433 g/mol. The molecule has 1 aromatic rings. The largest absolute Gasteiger partial charge is 1.00 e. The first kappa shape index (κ1) is 29.1. The van der Waals surface area contributed by atoms with Gasteiger partial charge in [-0.05, 0) is 30.5 Å². The second-order valence-electron chi connectivity index (χ2n) is 8.15. The second kappa shape index (κ2) is 18.9. The smallest absolute Gasteiger partial charge is 0.744 e. The minimum absolute atomic E-state index is 0. The molecule has 1 aromatic carbocycles. The molecule has 0 heterocycles. The van der Waals surface area contributed by atoms with E-state index in [4.69, 9.17) is 0 Å². The molecule has 0 N–H and O–H groups in total. The Morgan fingerprint density at radius 3 is 1.31 bits per heavy atom. The zero-order chi connectivity index (χ0) is 20.5. The number of hydrogen-bond donors (Lipinski definition) is 0. The van der Waals surface area contributed by atoms with Gasteiger partial charge in [-0.15, -0.1) is 0 Å². The monoisotopic (exact) mass is 432 g/mol. The van der Waals surface area contributed by atoms with E-state index in [2.05, 4.69) is 6.92 Å². The Balaban J connectivity index is 0.00000784. The van der Waals surface area contributed by atoms with E-state index in [-0.39, 0.29) is 34.5 Å². The minimum Gasteiger partial charge on any atom is -0.744 e. The van der Waals surface area contributed by atoms with Gasteiger partial charge in [0.15, 0.2) is 0 Å². The van der Waals surface area contributed by atoms with Crippen LogP contribution < -0.4 is 29.6 Å². The Morgan fingerprint density at radius 1 is 0.621 bits per heavy atom. The summed E-state index contributed by atoms with van der Waals surface area (Å²) in [6, 6.07) is 6.36. The van der Waals surface area contributed by atoms with Crippen LogP contribution in [0.2, 0.25) is 0 Å². The van der Waals surface area contributed by atoms with E-state index in [1.54, 1.807) is 12.1 Å². The molecule has 162 valence electrons. The first-order valence-corrected chi connectivity index (χ1v) is 13.0. The predicted molar refractivity (Wildman–Crippen MR) is 118 cm³/mol. The summed E-state index contributed by atoms with van der Waals surface area (Å²) in [5.41, 5.74) is 1.11. The van der Waals surface area contributed by atoms with Gasteiger partial charge in [0.25, 0.3) is 0 Å². The Morgan fingerprint density at radius 2 is 0.966 bits per heavy atom. The van der Waals surface area contributed by atoms with Crippen molar-refractivity contribution in [1.29, 1.82) is 0 Å². The van der Waals surface area contributed by atoms with Gasteiger partial charge >= 0.3 is 29.6 Å². The van der Waals surface area contributed by atoms with Gasteiger partial charge in [0.1, 0.15) is 10.1 Å². The topological polar surface area (TPSA) is 57.2 Å². The molecular weight excluding hydrogens is 391 g/mol. The summed E-state index contributed by atoms with van der Waals surface area (Å²) in [7, 11) is -4.32. The van der Waals surface area contributed by atoms with Crippen molar-refractivity contribution < 1.29 is 42.5 Å². The molecule has 0 aliphatic rings. The number of benzene rings is 1. The number of unbranched alkanes of at least 4 members (excludes halogenated alkanes) is 15. The van der Waals surface area contributed by atoms with Gasteiger partial charge in [-0.25, -0.2) is 8.42 Å². The van der Waals surface area contributed by atoms with Crippen LogP contribution in [0.15, 0.2) is 29.2 Å². The molecule has 0 bridgehead atoms. The molecule has 0 spiro atoms. The predicted octanol–water partition coefficient (Wildman–Crippen LogP) is 4.40. The van der Waals surface area contributed by atoms with Crippen molar-refractivity contribution in [2.75, 3.05) is 0 Å². The van der Waals surface area contributed by atoms with Crippen molar-refractivity contribution in [3.63, 3.8) is 0 Å². The van der Waals surface area contributed by atoms with Crippen LogP contribution in [-0.2, 0) is 16.5 Å². The zero-order valence-corrected chi connectivity index (χ0v) is 21.8. The summed E-state index contributed by atoms with van der Waals surface area (Å²) in [5.74, 6) is 0. The molecule has 0 unspecified atom stereocenters. The van der Waals surface area contributed by atoms with Crippen molar-refractivity contribution >= 4 is 10.1 Å². The van der Waals surface area contributed by atoms with Crippen LogP contribution in [0.5, 0.6) is 0 Å². The summed E-state index contributed by atoms with van der Waals surface area (Å²) < 4.78 is 32.7. The molecular formula is C24H41NaO3S. The van der Waals surface area contributed by atoms with Crippen molar-refractivity contribution in [3.05, 3.63) is 29.8 Å². The third-order valence-electron chi connectivity index (χ3n) is 5.53. The maximum atomic E-state index is 10.9. The standard InChI is InChI=1S/C24H42O3S.Na/c1-2-3-4-5-6-7-8-9-10-11-12-13-14-15-16-17-18-23-19-21-24(22-20-23)28(25,26)27;/h19-22H,2-18H2,1H3,(H,25,26,27);/q;+1/p-1. The summed E-state index contributed by atoms with van der Waals surface area (Å²) in [6.07, 6.45) is 22.7.